The van der Waals surface area contributed by atoms with Crippen molar-refractivity contribution in [2.75, 3.05) is 30.5 Å². The molecule has 0 saturated carbocycles. The number of phenolic OH excluding ortho intramolecular Hbond substituents is 1. The Hall–Kier alpha value is -3.03. The van der Waals surface area contributed by atoms with Crippen LogP contribution in [0.5, 0.6) is 5.75 Å². The van der Waals surface area contributed by atoms with Crippen LogP contribution >= 0.6 is 0 Å². The molecule has 0 aliphatic carbocycles. The molecule has 0 aromatic heterocycles. The summed E-state index contributed by atoms with van der Waals surface area (Å²) >= 11 is 0. The number of aromatic hydroxyl groups is 1. The van der Waals surface area contributed by atoms with Gasteiger partial charge in [0.25, 0.3) is 16.8 Å². The summed E-state index contributed by atoms with van der Waals surface area (Å²) in [6, 6.07) is 2.72. The fourth-order valence-corrected chi connectivity index (χ4v) is 2.33. The molecule has 1 atom stereocenters. The number of carbonyl (C=O) groups is 1. The van der Waals surface area contributed by atoms with E-state index in [1.165, 1.54) is 17.0 Å². The zero-order valence-corrected chi connectivity index (χ0v) is 15.5. The maximum Gasteiger partial charge on any atom is 0.257 e. The van der Waals surface area contributed by atoms with Gasteiger partial charge in [0.15, 0.2) is 5.75 Å². The zero-order valence-electron chi connectivity index (χ0n) is 15.5. The van der Waals surface area contributed by atoms with Crippen molar-refractivity contribution in [1.29, 1.82) is 0 Å². The van der Waals surface area contributed by atoms with Gasteiger partial charge in [-0.05, 0) is 25.0 Å². The Labute approximate surface area is 151 Å². The van der Waals surface area contributed by atoms with Crippen LogP contribution in [0.1, 0.15) is 31.1 Å². The lowest BCUT2D eigenvalue weighted by molar-refractivity contribution is 0.0825. The lowest BCUT2D eigenvalue weighted by Crippen LogP contribution is -2.39. The first-order chi connectivity index (χ1) is 12.0. The molecule has 1 amide bonds. The molecule has 8 heteroatoms. The predicted octanol–water partition coefficient (Wildman–Crippen LogP) is 1.47. The van der Waals surface area contributed by atoms with E-state index < -0.39 is 16.8 Å². The summed E-state index contributed by atoms with van der Waals surface area (Å²) in [6.07, 6.45) is 0. The third-order valence-corrected chi connectivity index (χ3v) is 4.31. The highest BCUT2D eigenvalue weighted by atomic mass is 16.3. The molecule has 0 aliphatic heterocycles. The number of nitrogen functional groups attached to an aromatic ring is 1. The van der Waals surface area contributed by atoms with Crippen LogP contribution in [0.15, 0.2) is 21.7 Å². The summed E-state index contributed by atoms with van der Waals surface area (Å²) in [4.78, 5) is 37.3. The Kier molecular flexibility index (Phi) is 5.25. The summed E-state index contributed by atoms with van der Waals surface area (Å²) in [5.41, 5.74) is 5.04. The van der Waals surface area contributed by atoms with Gasteiger partial charge in [0, 0.05) is 25.8 Å². The van der Waals surface area contributed by atoms with Gasteiger partial charge in [-0.25, -0.2) is 0 Å². The average molecular weight is 360 g/mol. The molecule has 0 aliphatic rings. The monoisotopic (exact) mass is 360 g/mol. The second-order valence-electron chi connectivity index (χ2n) is 6.87. The van der Waals surface area contributed by atoms with E-state index in [0.29, 0.717) is 0 Å². The summed E-state index contributed by atoms with van der Waals surface area (Å²) in [7, 11) is 3.09. The number of phenols is 1. The number of nitrogens with one attached hydrogen (secondary N) is 2. The van der Waals surface area contributed by atoms with Crippen LogP contribution < -0.4 is 27.2 Å². The third kappa shape index (κ3) is 3.49. The molecule has 0 radical (unpaired) electrons. The molecule has 2 rings (SSSR count). The van der Waals surface area contributed by atoms with E-state index in [4.69, 9.17) is 5.73 Å². The van der Waals surface area contributed by atoms with Crippen molar-refractivity contribution < 1.29 is 9.90 Å². The Morgan fingerprint density at radius 1 is 1.12 bits per heavy atom. The van der Waals surface area contributed by atoms with E-state index in [2.05, 4.69) is 10.6 Å². The van der Waals surface area contributed by atoms with Gasteiger partial charge < -0.3 is 26.4 Å². The van der Waals surface area contributed by atoms with Crippen molar-refractivity contribution >= 4 is 28.7 Å². The quantitative estimate of drug-likeness (QED) is 0.266. The number of amides is 1. The highest BCUT2D eigenvalue weighted by Gasteiger charge is 2.25. The van der Waals surface area contributed by atoms with Crippen molar-refractivity contribution in [2.24, 2.45) is 5.92 Å². The van der Waals surface area contributed by atoms with Crippen molar-refractivity contribution in [3.8, 4) is 5.75 Å². The summed E-state index contributed by atoms with van der Waals surface area (Å²) < 4.78 is 0. The maximum atomic E-state index is 12.2. The number of hydrogen-bond acceptors (Lipinski definition) is 7. The molecule has 2 aromatic rings. The number of hydrogen-bond donors (Lipinski definition) is 4. The van der Waals surface area contributed by atoms with Crippen LogP contribution in [-0.4, -0.2) is 36.1 Å². The number of carbonyl (C=O) groups excluding carboxylic acids is 1. The molecular weight excluding hydrogens is 336 g/mol. The minimum Gasteiger partial charge on any atom is -0.505 e. The minimum absolute atomic E-state index is 0.00116. The van der Waals surface area contributed by atoms with Gasteiger partial charge in [0.2, 0.25) is 0 Å². The van der Waals surface area contributed by atoms with Crippen LogP contribution in [0, 0.1) is 5.92 Å². The normalized spacial score (nSPS) is 12.2. The topological polar surface area (TPSA) is 125 Å². The van der Waals surface area contributed by atoms with E-state index in [-0.39, 0.29) is 46.0 Å². The van der Waals surface area contributed by atoms with Crippen LogP contribution in [-0.2, 0) is 0 Å². The molecule has 0 saturated heterocycles. The predicted molar refractivity (Wildman–Crippen MR) is 103 cm³/mol. The summed E-state index contributed by atoms with van der Waals surface area (Å²) in [5, 5.41) is 16.2. The molecule has 0 bridgehead atoms. The summed E-state index contributed by atoms with van der Waals surface area (Å²) in [5.74, 6) is -0.527. The first-order valence-electron chi connectivity index (χ1n) is 8.25. The standard InChI is InChI=1S/C18H24N4O4/c1-8(2)9(3)20-13-14(17(25)16(13)24)21-12-7-10(19)6-11(15(12)23)18(26)22(4)5/h6-9,20-21,23H,19H2,1-5H3/t9-/m0/s1. The van der Waals surface area contributed by atoms with Gasteiger partial charge in [0.05, 0.1) is 11.3 Å². The van der Waals surface area contributed by atoms with Gasteiger partial charge >= 0.3 is 0 Å². The smallest absolute Gasteiger partial charge is 0.257 e. The fourth-order valence-electron chi connectivity index (χ4n) is 2.33. The molecule has 140 valence electrons. The van der Waals surface area contributed by atoms with Gasteiger partial charge in [-0.1, -0.05) is 13.8 Å². The van der Waals surface area contributed by atoms with Gasteiger partial charge in [-0.2, -0.15) is 0 Å². The Bertz CT molecular complexity index is 911. The zero-order chi connectivity index (χ0) is 19.8. The molecule has 5 N–H and O–H groups in total. The number of benzene rings is 1. The van der Waals surface area contributed by atoms with E-state index in [1.807, 2.05) is 20.8 Å². The molecule has 8 nitrogen and oxygen atoms in total. The van der Waals surface area contributed by atoms with Crippen LogP contribution in [0.25, 0.3) is 0 Å². The van der Waals surface area contributed by atoms with E-state index in [1.54, 1.807) is 14.1 Å². The lowest BCUT2D eigenvalue weighted by Gasteiger charge is -2.22. The first kappa shape index (κ1) is 19.3. The fraction of sp³-hybridized carbons (Fsp3) is 0.389. The average Bonchev–Trinajstić information content (AvgIpc) is 2.58. The molecule has 0 spiro atoms. The van der Waals surface area contributed by atoms with E-state index >= 15 is 0 Å². The highest BCUT2D eigenvalue weighted by Crippen LogP contribution is 2.34. The van der Waals surface area contributed by atoms with E-state index in [0.717, 1.165) is 0 Å². The Morgan fingerprint density at radius 3 is 2.23 bits per heavy atom. The Morgan fingerprint density at radius 2 is 1.69 bits per heavy atom. The second-order valence-corrected chi connectivity index (χ2v) is 6.87. The number of nitrogens with zero attached hydrogens (tertiary/aromatic N) is 1. The van der Waals surface area contributed by atoms with Gasteiger partial charge in [0.1, 0.15) is 11.4 Å². The molecule has 0 heterocycles. The van der Waals surface area contributed by atoms with Gasteiger partial charge in [-0.3, -0.25) is 14.4 Å². The van der Waals surface area contributed by atoms with Crippen LogP contribution in [0.3, 0.4) is 0 Å². The largest absolute Gasteiger partial charge is 0.505 e. The van der Waals surface area contributed by atoms with Crippen LogP contribution in [0.4, 0.5) is 22.7 Å². The molecule has 26 heavy (non-hydrogen) atoms. The number of nitrogens with two attached hydrogens (primary N) is 1. The first-order valence-corrected chi connectivity index (χ1v) is 8.25. The third-order valence-electron chi connectivity index (χ3n) is 4.31. The second kappa shape index (κ2) is 7.07. The molecular formula is C18H24N4O4. The molecule has 2 aromatic carbocycles. The van der Waals surface area contributed by atoms with Crippen molar-refractivity contribution in [1.82, 2.24) is 4.90 Å². The summed E-state index contributed by atoms with van der Waals surface area (Å²) in [6.45, 7) is 5.87. The minimum atomic E-state index is -0.689. The number of anilines is 4. The van der Waals surface area contributed by atoms with Crippen molar-refractivity contribution in [2.45, 2.75) is 26.8 Å². The molecule has 0 fully saturated rings. The molecule has 0 unspecified atom stereocenters. The maximum absolute atomic E-state index is 12.2. The van der Waals surface area contributed by atoms with Crippen molar-refractivity contribution in [3.05, 3.63) is 38.1 Å². The van der Waals surface area contributed by atoms with E-state index in [9.17, 15) is 19.5 Å². The van der Waals surface area contributed by atoms with Gasteiger partial charge in [-0.15, -0.1) is 0 Å². The SMILES string of the molecule is CC(C)[C@H](C)Nc1c(Nc2cc(N)cc(C(=O)N(C)C)c2O)c(=O)c1=O. The lowest BCUT2D eigenvalue weighted by atomic mass is 10.0. The number of rotatable bonds is 6. The Balaban J connectivity index is 2.42. The van der Waals surface area contributed by atoms with Crippen molar-refractivity contribution in [3.63, 3.8) is 0 Å². The highest BCUT2D eigenvalue weighted by molar-refractivity contribution is 6.00. The van der Waals surface area contributed by atoms with Crippen LogP contribution in [0.2, 0.25) is 0 Å².